The molecule has 1 N–H and O–H groups in total. The molecule has 0 spiro atoms. The summed E-state index contributed by atoms with van der Waals surface area (Å²) in [6, 6.07) is 9.22. The smallest absolute Gasteiger partial charge is 0.295 e. The van der Waals surface area contributed by atoms with Crippen molar-refractivity contribution < 1.29 is 33.8 Å². The summed E-state index contributed by atoms with van der Waals surface area (Å²) in [6.45, 7) is 4.35. The number of ether oxygens (including phenoxy) is 3. The van der Waals surface area contributed by atoms with Crippen LogP contribution in [0, 0.1) is 10.1 Å². The van der Waals surface area contributed by atoms with Crippen molar-refractivity contribution in [2.24, 2.45) is 0 Å². The van der Waals surface area contributed by atoms with Crippen molar-refractivity contribution in [2.75, 3.05) is 27.4 Å². The fourth-order valence-electron chi connectivity index (χ4n) is 3.95. The van der Waals surface area contributed by atoms with E-state index in [1.165, 1.54) is 37.3 Å². The molecular formula is C25H28N2O8. The highest BCUT2D eigenvalue weighted by atomic mass is 16.6. The summed E-state index contributed by atoms with van der Waals surface area (Å²) in [5.41, 5.74) is 0.0820. The van der Waals surface area contributed by atoms with E-state index in [0.29, 0.717) is 30.1 Å². The van der Waals surface area contributed by atoms with E-state index in [1.807, 2.05) is 13.8 Å². The highest BCUT2D eigenvalue weighted by Crippen LogP contribution is 2.43. The van der Waals surface area contributed by atoms with Crippen LogP contribution in [0.3, 0.4) is 0 Å². The van der Waals surface area contributed by atoms with Gasteiger partial charge in [-0.2, -0.15) is 0 Å². The molecule has 10 nitrogen and oxygen atoms in total. The first kappa shape index (κ1) is 25.7. The Labute approximate surface area is 202 Å². The number of aliphatic hydroxyl groups excluding tert-OH is 1. The first-order valence-electron chi connectivity index (χ1n) is 11.1. The number of nitrogens with zero attached hydrogens (tertiary/aromatic N) is 2. The number of carbonyl (C=O) groups is 2. The van der Waals surface area contributed by atoms with E-state index in [4.69, 9.17) is 14.2 Å². The van der Waals surface area contributed by atoms with Gasteiger partial charge in [0.2, 0.25) is 0 Å². The molecule has 1 aliphatic heterocycles. The van der Waals surface area contributed by atoms with Gasteiger partial charge in [-0.15, -0.1) is 0 Å². The van der Waals surface area contributed by atoms with E-state index >= 15 is 0 Å². The lowest BCUT2D eigenvalue weighted by Gasteiger charge is -2.27. The number of nitro benzene ring substituents is 1. The summed E-state index contributed by atoms with van der Waals surface area (Å²) in [5, 5.41) is 22.4. The van der Waals surface area contributed by atoms with Crippen molar-refractivity contribution in [3.05, 3.63) is 69.3 Å². The topological polar surface area (TPSA) is 128 Å². The lowest BCUT2D eigenvalue weighted by atomic mass is 9.94. The average Bonchev–Trinajstić information content (AvgIpc) is 3.10. The molecule has 10 heteroatoms. The number of likely N-dealkylation sites (tertiary alicyclic amines) is 1. The van der Waals surface area contributed by atoms with E-state index in [9.17, 15) is 24.8 Å². The highest BCUT2D eigenvalue weighted by molar-refractivity contribution is 6.46. The number of hydrogen-bond donors (Lipinski definition) is 1. The number of ketones is 1. The van der Waals surface area contributed by atoms with Gasteiger partial charge in [0.15, 0.2) is 0 Å². The van der Waals surface area contributed by atoms with E-state index in [0.717, 1.165) is 6.07 Å². The molecule has 1 heterocycles. The van der Waals surface area contributed by atoms with Gasteiger partial charge < -0.3 is 24.2 Å². The number of hydrogen-bond acceptors (Lipinski definition) is 8. The number of rotatable bonds is 10. The summed E-state index contributed by atoms with van der Waals surface area (Å²) < 4.78 is 16.3. The Balaban J connectivity index is 2.15. The van der Waals surface area contributed by atoms with Crippen LogP contribution in [0.2, 0.25) is 0 Å². The van der Waals surface area contributed by atoms with Crippen LogP contribution in [-0.4, -0.2) is 60.1 Å². The first-order valence-corrected chi connectivity index (χ1v) is 11.1. The van der Waals surface area contributed by atoms with Crippen LogP contribution in [0.15, 0.2) is 48.0 Å². The van der Waals surface area contributed by atoms with E-state index in [1.54, 1.807) is 18.2 Å². The van der Waals surface area contributed by atoms with Crippen molar-refractivity contribution in [1.29, 1.82) is 0 Å². The number of methoxy groups -OCH3 is 2. The zero-order valence-corrected chi connectivity index (χ0v) is 20.0. The highest BCUT2D eigenvalue weighted by Gasteiger charge is 2.47. The van der Waals surface area contributed by atoms with Crippen LogP contribution in [-0.2, 0) is 14.3 Å². The third kappa shape index (κ3) is 5.43. The second-order valence-corrected chi connectivity index (χ2v) is 8.18. The fourth-order valence-corrected chi connectivity index (χ4v) is 3.95. The number of nitro groups is 1. The number of benzene rings is 2. The molecule has 1 fully saturated rings. The molecule has 0 aromatic heterocycles. The Morgan fingerprint density at radius 2 is 1.89 bits per heavy atom. The second-order valence-electron chi connectivity index (χ2n) is 8.18. The van der Waals surface area contributed by atoms with Crippen LogP contribution in [0.5, 0.6) is 11.5 Å². The molecule has 3 rings (SSSR count). The first-order chi connectivity index (χ1) is 16.7. The zero-order valence-electron chi connectivity index (χ0n) is 20.0. The molecule has 1 amide bonds. The summed E-state index contributed by atoms with van der Waals surface area (Å²) in [4.78, 5) is 38.2. The molecule has 1 saturated heterocycles. The Morgan fingerprint density at radius 3 is 2.51 bits per heavy atom. The van der Waals surface area contributed by atoms with Gasteiger partial charge in [0.1, 0.15) is 17.3 Å². The summed E-state index contributed by atoms with van der Waals surface area (Å²) in [6.07, 6.45) is 0.466. The van der Waals surface area contributed by atoms with Gasteiger partial charge in [0.05, 0.1) is 36.9 Å². The Morgan fingerprint density at radius 1 is 1.14 bits per heavy atom. The van der Waals surface area contributed by atoms with Crippen LogP contribution < -0.4 is 9.47 Å². The predicted octanol–water partition coefficient (Wildman–Crippen LogP) is 3.85. The molecule has 0 radical (unpaired) electrons. The lowest BCUT2D eigenvalue weighted by molar-refractivity contribution is -0.384. The summed E-state index contributed by atoms with van der Waals surface area (Å²) >= 11 is 0. The Bertz CT molecular complexity index is 1160. The molecule has 2 aromatic rings. The second kappa shape index (κ2) is 11.0. The molecule has 1 atom stereocenters. The summed E-state index contributed by atoms with van der Waals surface area (Å²) in [5.74, 6) is -1.32. The third-order valence-electron chi connectivity index (χ3n) is 5.60. The number of Topliss-reactive ketones (excluding diaryl/α,β-unsaturated/α-hetero) is 1. The Kier molecular flexibility index (Phi) is 8.08. The number of carbonyl (C=O) groups excluding carboxylic acids is 2. The Hall–Kier alpha value is -3.92. The van der Waals surface area contributed by atoms with Gasteiger partial charge in [-0.25, -0.2) is 0 Å². The number of non-ortho nitro benzene ring substituents is 1. The summed E-state index contributed by atoms with van der Waals surface area (Å²) in [7, 11) is 2.94. The fraction of sp³-hybridized carbons (Fsp3) is 0.360. The van der Waals surface area contributed by atoms with E-state index < -0.39 is 28.4 Å². The van der Waals surface area contributed by atoms with Crippen molar-refractivity contribution in [3.8, 4) is 11.5 Å². The van der Waals surface area contributed by atoms with Crippen LogP contribution in [0.1, 0.15) is 37.4 Å². The van der Waals surface area contributed by atoms with Crippen molar-refractivity contribution in [1.82, 2.24) is 4.90 Å². The number of aliphatic hydroxyl groups is 1. The monoisotopic (exact) mass is 484 g/mol. The largest absolute Gasteiger partial charge is 0.507 e. The van der Waals surface area contributed by atoms with Crippen molar-refractivity contribution >= 4 is 23.1 Å². The van der Waals surface area contributed by atoms with E-state index in [-0.39, 0.29) is 29.5 Å². The quantitative estimate of drug-likeness (QED) is 0.134. The zero-order chi connectivity index (χ0) is 25.7. The molecule has 2 aromatic carbocycles. The predicted molar refractivity (Wildman–Crippen MR) is 127 cm³/mol. The molecular weight excluding hydrogens is 456 g/mol. The lowest BCUT2D eigenvalue weighted by Crippen LogP contribution is -2.31. The molecule has 0 saturated carbocycles. The van der Waals surface area contributed by atoms with E-state index in [2.05, 4.69) is 0 Å². The molecule has 186 valence electrons. The maximum absolute atomic E-state index is 13.2. The third-order valence-corrected chi connectivity index (χ3v) is 5.60. The molecule has 0 bridgehead atoms. The van der Waals surface area contributed by atoms with Gasteiger partial charge in [0, 0.05) is 42.5 Å². The van der Waals surface area contributed by atoms with Gasteiger partial charge in [-0.3, -0.25) is 19.7 Å². The molecule has 1 aliphatic rings. The van der Waals surface area contributed by atoms with Crippen LogP contribution in [0.4, 0.5) is 5.69 Å². The van der Waals surface area contributed by atoms with Crippen molar-refractivity contribution in [2.45, 2.75) is 32.4 Å². The maximum atomic E-state index is 13.2. The molecule has 0 unspecified atom stereocenters. The van der Waals surface area contributed by atoms with Gasteiger partial charge >= 0.3 is 0 Å². The average molecular weight is 485 g/mol. The molecule has 0 aliphatic carbocycles. The van der Waals surface area contributed by atoms with Crippen molar-refractivity contribution in [3.63, 3.8) is 0 Å². The number of amides is 1. The SMILES string of the molecule is COc1ccc([C@@H]2C(=C(O)c3cccc([N+](=O)[O-])c3)C(=O)C(=O)N2CCCOC(C)C)c(OC)c1. The van der Waals surface area contributed by atoms with Gasteiger partial charge in [-0.1, -0.05) is 12.1 Å². The van der Waals surface area contributed by atoms with Gasteiger partial charge in [0.25, 0.3) is 17.4 Å². The maximum Gasteiger partial charge on any atom is 0.295 e. The van der Waals surface area contributed by atoms with Crippen LogP contribution >= 0.6 is 0 Å². The standard InChI is InChI=1S/C25H28N2O8/c1-15(2)35-12-6-11-26-22(19-10-9-18(33-3)14-20(19)34-4)21(24(29)25(26)30)23(28)16-7-5-8-17(13-16)27(31)32/h5,7-10,13-15,22,28H,6,11-12H2,1-4H3/t22-/m1/s1. The minimum atomic E-state index is -0.978. The normalized spacial score (nSPS) is 17.2. The minimum Gasteiger partial charge on any atom is -0.507 e. The minimum absolute atomic E-state index is 0.0109. The van der Waals surface area contributed by atoms with Crippen LogP contribution in [0.25, 0.3) is 5.76 Å². The van der Waals surface area contributed by atoms with Gasteiger partial charge in [-0.05, 0) is 32.4 Å². The molecule has 35 heavy (non-hydrogen) atoms.